The molecular weight excluding hydrogens is 276 g/mol. The zero-order valence-electron chi connectivity index (χ0n) is 12.6. The first-order valence-corrected chi connectivity index (χ1v) is 6.89. The number of rotatable bonds is 4. The molecule has 2 aromatic rings. The average molecular weight is 294 g/mol. The molecule has 0 radical (unpaired) electrons. The van der Waals surface area contributed by atoms with E-state index in [2.05, 4.69) is 21.1 Å². The second kappa shape index (κ2) is 7.73. The van der Waals surface area contributed by atoms with E-state index in [4.69, 9.17) is 0 Å². The minimum Gasteiger partial charge on any atom is -0.245 e. The first kappa shape index (κ1) is 15.4. The Morgan fingerprint density at radius 2 is 1.14 bits per heavy atom. The van der Waals surface area contributed by atoms with Crippen molar-refractivity contribution >= 4 is 18.5 Å². The van der Waals surface area contributed by atoms with Crippen LogP contribution in [0.15, 0.2) is 58.7 Å². The molecule has 0 atom stereocenters. The molecule has 22 heavy (non-hydrogen) atoms. The van der Waals surface area contributed by atoms with E-state index >= 15 is 0 Å². The third kappa shape index (κ3) is 5.20. The fourth-order valence-corrected chi connectivity index (χ4v) is 1.66. The van der Waals surface area contributed by atoms with E-state index in [1.165, 1.54) is 11.1 Å². The van der Waals surface area contributed by atoms with E-state index in [0.29, 0.717) is 0 Å². The highest BCUT2D eigenvalue weighted by Crippen LogP contribution is 2.00. The van der Waals surface area contributed by atoms with Gasteiger partial charge in [-0.05, 0) is 25.0 Å². The summed E-state index contributed by atoms with van der Waals surface area (Å²) in [4.78, 5) is 11.5. The fourth-order valence-electron chi connectivity index (χ4n) is 1.66. The molecule has 5 heteroatoms. The Balaban J connectivity index is 1.78. The number of aryl methyl sites for hydroxylation is 2. The second-order valence-electron chi connectivity index (χ2n) is 4.89. The van der Waals surface area contributed by atoms with Crippen LogP contribution in [0, 0.1) is 13.8 Å². The first-order valence-electron chi connectivity index (χ1n) is 6.89. The van der Waals surface area contributed by atoms with Crippen molar-refractivity contribution in [3.63, 3.8) is 0 Å². The standard InChI is InChI=1S/C17H18N4O/c1-13-3-7-15(8-4-13)11-18-20-17(22)21-19-12-16-9-5-14(2)6-10-16/h3-12H,1-2H3,(H2,20,21,22)/b18-11+,19-12?. The van der Waals surface area contributed by atoms with Crippen LogP contribution in [0.5, 0.6) is 0 Å². The van der Waals surface area contributed by atoms with Crippen LogP contribution in [0.3, 0.4) is 0 Å². The summed E-state index contributed by atoms with van der Waals surface area (Å²) in [5.74, 6) is 0. The highest BCUT2D eigenvalue weighted by molar-refractivity contribution is 5.83. The van der Waals surface area contributed by atoms with Crippen molar-refractivity contribution in [1.82, 2.24) is 10.9 Å². The summed E-state index contributed by atoms with van der Waals surface area (Å²) < 4.78 is 0. The minimum atomic E-state index is -0.494. The molecule has 0 aliphatic carbocycles. The summed E-state index contributed by atoms with van der Waals surface area (Å²) in [6, 6.07) is 15.1. The van der Waals surface area contributed by atoms with Crippen LogP contribution >= 0.6 is 0 Å². The molecule has 0 aliphatic heterocycles. The third-order valence-corrected chi connectivity index (χ3v) is 2.91. The van der Waals surface area contributed by atoms with Gasteiger partial charge in [0.2, 0.25) is 0 Å². The Labute approximate surface area is 129 Å². The van der Waals surface area contributed by atoms with Crippen LogP contribution in [0.2, 0.25) is 0 Å². The van der Waals surface area contributed by atoms with Gasteiger partial charge in [0, 0.05) is 0 Å². The predicted octanol–water partition coefficient (Wildman–Crippen LogP) is 2.97. The topological polar surface area (TPSA) is 65.8 Å². The van der Waals surface area contributed by atoms with Crippen molar-refractivity contribution in [2.24, 2.45) is 10.2 Å². The average Bonchev–Trinajstić information content (AvgIpc) is 2.51. The number of carbonyl (C=O) groups excluding carboxylic acids is 1. The number of urea groups is 1. The molecule has 0 aliphatic rings. The maximum absolute atomic E-state index is 11.5. The van der Waals surface area contributed by atoms with E-state index in [1.54, 1.807) is 12.4 Å². The van der Waals surface area contributed by atoms with Gasteiger partial charge in [-0.25, -0.2) is 15.6 Å². The van der Waals surface area contributed by atoms with Gasteiger partial charge in [0.05, 0.1) is 12.4 Å². The SMILES string of the molecule is Cc1ccc(C=NNC(=O)N/N=C/c2ccc(C)cc2)cc1. The van der Waals surface area contributed by atoms with E-state index in [0.717, 1.165) is 11.1 Å². The zero-order valence-corrected chi connectivity index (χ0v) is 12.6. The molecule has 0 saturated heterocycles. The van der Waals surface area contributed by atoms with Crippen molar-refractivity contribution in [3.05, 3.63) is 70.8 Å². The lowest BCUT2D eigenvalue weighted by atomic mass is 10.2. The molecule has 0 spiro atoms. The smallest absolute Gasteiger partial charge is 0.245 e. The maximum Gasteiger partial charge on any atom is 0.355 e. The number of hydrogen-bond acceptors (Lipinski definition) is 3. The predicted molar refractivity (Wildman–Crippen MR) is 89.2 cm³/mol. The van der Waals surface area contributed by atoms with Crippen molar-refractivity contribution < 1.29 is 4.79 Å². The highest BCUT2D eigenvalue weighted by Gasteiger charge is 1.94. The van der Waals surface area contributed by atoms with Gasteiger partial charge in [-0.15, -0.1) is 0 Å². The molecule has 0 saturated carbocycles. The summed E-state index contributed by atoms with van der Waals surface area (Å²) in [5, 5.41) is 7.70. The molecule has 0 heterocycles. The van der Waals surface area contributed by atoms with E-state index < -0.39 is 6.03 Å². The Bertz CT molecular complexity index is 613. The molecule has 2 N–H and O–H groups in total. The Kier molecular flexibility index (Phi) is 5.43. The molecule has 0 aromatic heterocycles. The van der Waals surface area contributed by atoms with Crippen LogP contribution in [-0.2, 0) is 0 Å². The molecule has 0 bridgehead atoms. The van der Waals surface area contributed by atoms with Crippen molar-refractivity contribution in [3.8, 4) is 0 Å². The first-order chi connectivity index (χ1) is 10.6. The number of hydrogen-bond donors (Lipinski definition) is 2. The van der Waals surface area contributed by atoms with Crippen LogP contribution in [0.4, 0.5) is 4.79 Å². The molecule has 2 aromatic carbocycles. The van der Waals surface area contributed by atoms with Crippen molar-refractivity contribution in [1.29, 1.82) is 0 Å². The van der Waals surface area contributed by atoms with Crippen molar-refractivity contribution in [2.45, 2.75) is 13.8 Å². The van der Waals surface area contributed by atoms with Crippen LogP contribution < -0.4 is 10.9 Å². The molecule has 2 rings (SSSR count). The lowest BCUT2D eigenvalue weighted by Gasteiger charge is -1.98. The Morgan fingerprint density at radius 3 is 1.50 bits per heavy atom. The van der Waals surface area contributed by atoms with E-state index in [1.807, 2.05) is 62.4 Å². The van der Waals surface area contributed by atoms with Gasteiger partial charge in [0.15, 0.2) is 0 Å². The third-order valence-electron chi connectivity index (χ3n) is 2.91. The van der Waals surface area contributed by atoms with Gasteiger partial charge >= 0.3 is 6.03 Å². The van der Waals surface area contributed by atoms with Gasteiger partial charge in [-0.3, -0.25) is 0 Å². The lowest BCUT2D eigenvalue weighted by Crippen LogP contribution is -2.28. The summed E-state index contributed by atoms with van der Waals surface area (Å²) in [6.45, 7) is 4.03. The van der Waals surface area contributed by atoms with Crippen LogP contribution in [0.1, 0.15) is 22.3 Å². The number of nitrogens with zero attached hydrogens (tertiary/aromatic N) is 2. The van der Waals surface area contributed by atoms with Crippen molar-refractivity contribution in [2.75, 3.05) is 0 Å². The lowest BCUT2D eigenvalue weighted by molar-refractivity contribution is 0.242. The summed E-state index contributed by atoms with van der Waals surface area (Å²) in [7, 11) is 0. The normalized spacial score (nSPS) is 11.0. The Hall–Kier alpha value is -2.95. The van der Waals surface area contributed by atoms with Gasteiger partial charge in [0.1, 0.15) is 0 Å². The fraction of sp³-hybridized carbons (Fsp3) is 0.118. The minimum absolute atomic E-state index is 0.494. The number of carbonyl (C=O) groups is 1. The van der Waals surface area contributed by atoms with Gasteiger partial charge < -0.3 is 0 Å². The summed E-state index contributed by atoms with van der Waals surface area (Å²) in [5.41, 5.74) is 8.86. The molecular formula is C17H18N4O. The Morgan fingerprint density at radius 1 is 0.773 bits per heavy atom. The molecule has 2 amide bonds. The summed E-state index contributed by atoms with van der Waals surface area (Å²) in [6.07, 6.45) is 3.14. The monoisotopic (exact) mass is 294 g/mol. The van der Waals surface area contributed by atoms with E-state index in [-0.39, 0.29) is 0 Å². The second-order valence-corrected chi connectivity index (χ2v) is 4.89. The van der Waals surface area contributed by atoms with Gasteiger partial charge in [0.25, 0.3) is 0 Å². The summed E-state index contributed by atoms with van der Waals surface area (Å²) >= 11 is 0. The maximum atomic E-state index is 11.5. The zero-order chi connectivity index (χ0) is 15.8. The number of amides is 2. The number of hydrazone groups is 2. The number of nitrogens with one attached hydrogen (secondary N) is 2. The quantitative estimate of drug-likeness (QED) is 0.660. The molecule has 5 nitrogen and oxygen atoms in total. The van der Waals surface area contributed by atoms with Gasteiger partial charge in [-0.2, -0.15) is 10.2 Å². The molecule has 0 fully saturated rings. The highest BCUT2D eigenvalue weighted by atomic mass is 16.2. The van der Waals surface area contributed by atoms with Crippen LogP contribution in [0.25, 0.3) is 0 Å². The van der Waals surface area contributed by atoms with Crippen LogP contribution in [-0.4, -0.2) is 18.5 Å². The largest absolute Gasteiger partial charge is 0.355 e. The molecule has 0 unspecified atom stereocenters. The number of benzene rings is 2. The van der Waals surface area contributed by atoms with E-state index in [9.17, 15) is 4.79 Å². The van der Waals surface area contributed by atoms with Gasteiger partial charge in [-0.1, -0.05) is 59.7 Å². The molecule has 112 valence electrons.